The molecule has 0 unspecified atom stereocenters. The van der Waals surface area contributed by atoms with Gasteiger partial charge in [0.1, 0.15) is 0 Å². The first-order valence-corrected chi connectivity index (χ1v) is 3.96. The average Bonchev–Trinajstić information content (AvgIpc) is 2.16. The van der Waals surface area contributed by atoms with Crippen LogP contribution in [0.4, 0.5) is 0 Å². The van der Waals surface area contributed by atoms with Crippen LogP contribution < -0.4 is 9.47 Å². The van der Waals surface area contributed by atoms with Crippen molar-refractivity contribution in [2.75, 3.05) is 14.2 Å². The molecule has 0 amide bonds. The van der Waals surface area contributed by atoms with Gasteiger partial charge >= 0.3 is 5.97 Å². The molecule has 0 radical (unpaired) electrons. The van der Waals surface area contributed by atoms with Crippen molar-refractivity contribution in [1.29, 1.82) is 0 Å². The Hall–Kier alpha value is -1.78. The van der Waals surface area contributed by atoms with Crippen molar-refractivity contribution in [2.24, 2.45) is 0 Å². The van der Waals surface area contributed by atoms with Gasteiger partial charge in [0.15, 0.2) is 5.75 Å². The van der Waals surface area contributed by atoms with Gasteiger partial charge in [-0.2, -0.15) is 0 Å². The summed E-state index contributed by atoms with van der Waals surface area (Å²) in [5, 5.41) is 8.56. The van der Waals surface area contributed by atoms with E-state index in [4.69, 9.17) is 14.6 Å². The molecule has 5 heteroatoms. The van der Waals surface area contributed by atoms with Gasteiger partial charge < -0.3 is 14.6 Å². The SMILES string of the molecule is COc1cc(CC(=O)O)cnc1OC. The van der Waals surface area contributed by atoms with E-state index in [0.29, 0.717) is 17.2 Å². The maximum Gasteiger partial charge on any atom is 0.307 e. The third-order valence-electron chi connectivity index (χ3n) is 1.64. The highest BCUT2D eigenvalue weighted by molar-refractivity contribution is 5.70. The van der Waals surface area contributed by atoms with E-state index in [2.05, 4.69) is 4.98 Å². The molecule has 0 aliphatic carbocycles. The summed E-state index contributed by atoms with van der Waals surface area (Å²) in [5.74, 6) is -0.119. The van der Waals surface area contributed by atoms with Crippen molar-refractivity contribution in [3.63, 3.8) is 0 Å². The maximum absolute atomic E-state index is 10.4. The van der Waals surface area contributed by atoms with Crippen LogP contribution in [0, 0.1) is 0 Å². The summed E-state index contributed by atoms with van der Waals surface area (Å²) in [4.78, 5) is 14.3. The van der Waals surface area contributed by atoms with Crippen molar-refractivity contribution in [3.8, 4) is 11.6 Å². The number of aliphatic carboxylic acids is 1. The fourth-order valence-corrected chi connectivity index (χ4v) is 1.04. The van der Waals surface area contributed by atoms with Crippen LogP contribution in [0.3, 0.4) is 0 Å². The second-order valence-corrected chi connectivity index (χ2v) is 2.63. The first-order chi connectivity index (χ1) is 6.67. The Kier molecular flexibility index (Phi) is 3.28. The summed E-state index contributed by atoms with van der Waals surface area (Å²) in [6, 6.07) is 1.60. The van der Waals surface area contributed by atoms with E-state index in [-0.39, 0.29) is 6.42 Å². The average molecular weight is 197 g/mol. The van der Waals surface area contributed by atoms with Gasteiger partial charge in [0, 0.05) is 6.20 Å². The first-order valence-electron chi connectivity index (χ1n) is 3.96. The van der Waals surface area contributed by atoms with Gasteiger partial charge in [-0.1, -0.05) is 0 Å². The molecule has 76 valence electrons. The lowest BCUT2D eigenvalue weighted by molar-refractivity contribution is -0.136. The zero-order valence-corrected chi connectivity index (χ0v) is 7.98. The number of pyridine rings is 1. The van der Waals surface area contributed by atoms with Crippen LogP contribution in [0.2, 0.25) is 0 Å². The van der Waals surface area contributed by atoms with Crippen molar-refractivity contribution in [1.82, 2.24) is 4.98 Å². The van der Waals surface area contributed by atoms with Crippen molar-refractivity contribution < 1.29 is 19.4 Å². The lowest BCUT2D eigenvalue weighted by Crippen LogP contribution is -2.02. The number of carboxylic acids is 1. The van der Waals surface area contributed by atoms with E-state index >= 15 is 0 Å². The highest BCUT2D eigenvalue weighted by atomic mass is 16.5. The van der Waals surface area contributed by atoms with Gasteiger partial charge in [-0.25, -0.2) is 4.98 Å². The maximum atomic E-state index is 10.4. The topological polar surface area (TPSA) is 68.7 Å². The Morgan fingerprint density at radius 3 is 2.71 bits per heavy atom. The van der Waals surface area contributed by atoms with Gasteiger partial charge in [-0.15, -0.1) is 0 Å². The van der Waals surface area contributed by atoms with E-state index < -0.39 is 5.97 Å². The van der Waals surface area contributed by atoms with Gasteiger partial charge in [-0.05, 0) is 11.6 Å². The fraction of sp³-hybridized carbons (Fsp3) is 0.333. The second kappa shape index (κ2) is 4.45. The predicted molar refractivity (Wildman–Crippen MR) is 48.7 cm³/mol. The Balaban J connectivity index is 2.95. The van der Waals surface area contributed by atoms with Crippen LogP contribution in [0.5, 0.6) is 11.6 Å². The van der Waals surface area contributed by atoms with Gasteiger partial charge in [0.2, 0.25) is 0 Å². The number of hydrogen-bond donors (Lipinski definition) is 1. The minimum atomic E-state index is -0.904. The summed E-state index contributed by atoms with van der Waals surface area (Å²) >= 11 is 0. The Morgan fingerprint density at radius 1 is 1.50 bits per heavy atom. The number of aromatic nitrogens is 1. The summed E-state index contributed by atoms with van der Waals surface area (Å²) < 4.78 is 9.89. The molecule has 0 spiro atoms. The van der Waals surface area contributed by atoms with Crippen molar-refractivity contribution in [2.45, 2.75) is 6.42 Å². The van der Waals surface area contributed by atoms with Gasteiger partial charge in [0.25, 0.3) is 5.88 Å². The lowest BCUT2D eigenvalue weighted by atomic mass is 10.2. The van der Waals surface area contributed by atoms with Crippen LogP contribution in [0.1, 0.15) is 5.56 Å². The smallest absolute Gasteiger partial charge is 0.307 e. The Bertz CT molecular complexity index is 338. The molecular formula is C9H11NO4. The predicted octanol–water partition coefficient (Wildman–Crippen LogP) is 0.726. The lowest BCUT2D eigenvalue weighted by Gasteiger charge is -2.06. The third-order valence-corrected chi connectivity index (χ3v) is 1.64. The minimum absolute atomic E-state index is 0.0760. The largest absolute Gasteiger partial charge is 0.491 e. The summed E-state index contributed by atoms with van der Waals surface area (Å²) in [7, 11) is 2.95. The molecule has 0 bridgehead atoms. The van der Waals surface area contributed by atoms with Crippen molar-refractivity contribution in [3.05, 3.63) is 17.8 Å². The zero-order valence-electron chi connectivity index (χ0n) is 7.98. The molecule has 0 aromatic carbocycles. The molecule has 0 aliphatic heterocycles. The molecule has 0 atom stereocenters. The number of hydrogen-bond acceptors (Lipinski definition) is 4. The molecule has 1 rings (SSSR count). The molecule has 0 fully saturated rings. The summed E-state index contributed by atoms with van der Waals surface area (Å²) in [6.07, 6.45) is 1.38. The first kappa shape index (κ1) is 10.3. The minimum Gasteiger partial charge on any atom is -0.491 e. The number of carboxylic acid groups (broad SMARTS) is 1. The second-order valence-electron chi connectivity index (χ2n) is 2.63. The molecule has 5 nitrogen and oxygen atoms in total. The normalized spacial score (nSPS) is 9.57. The highest BCUT2D eigenvalue weighted by Crippen LogP contribution is 2.24. The molecule has 0 saturated carbocycles. The van der Waals surface area contributed by atoms with Gasteiger partial charge in [-0.3, -0.25) is 4.79 Å². The fourth-order valence-electron chi connectivity index (χ4n) is 1.04. The van der Waals surface area contributed by atoms with E-state index in [0.717, 1.165) is 0 Å². The number of carbonyl (C=O) groups is 1. The zero-order chi connectivity index (χ0) is 10.6. The number of rotatable bonds is 4. The van der Waals surface area contributed by atoms with Crippen LogP contribution in [0.15, 0.2) is 12.3 Å². The van der Waals surface area contributed by atoms with Gasteiger partial charge in [0.05, 0.1) is 20.6 Å². The van der Waals surface area contributed by atoms with E-state index in [9.17, 15) is 4.79 Å². The third kappa shape index (κ3) is 2.35. The summed E-state index contributed by atoms with van der Waals surface area (Å²) in [5.41, 5.74) is 0.579. The van der Waals surface area contributed by atoms with Crippen molar-refractivity contribution >= 4 is 5.97 Å². The van der Waals surface area contributed by atoms with E-state index in [1.807, 2.05) is 0 Å². The standard InChI is InChI=1S/C9H11NO4/c1-13-7-3-6(4-8(11)12)5-10-9(7)14-2/h3,5H,4H2,1-2H3,(H,11,12). The number of nitrogens with zero attached hydrogens (tertiary/aromatic N) is 1. The Morgan fingerprint density at radius 2 is 2.21 bits per heavy atom. The van der Waals surface area contributed by atoms with E-state index in [1.165, 1.54) is 20.4 Å². The monoisotopic (exact) mass is 197 g/mol. The molecule has 1 N–H and O–H groups in total. The molecule has 0 aliphatic rings. The molecule has 1 aromatic rings. The van der Waals surface area contributed by atoms with Crippen LogP contribution in [0.25, 0.3) is 0 Å². The molecule has 14 heavy (non-hydrogen) atoms. The van der Waals surface area contributed by atoms with E-state index in [1.54, 1.807) is 6.07 Å². The van der Waals surface area contributed by atoms with Crippen LogP contribution in [-0.2, 0) is 11.2 Å². The Labute approximate surface area is 81.3 Å². The number of ether oxygens (including phenoxy) is 2. The summed E-state index contributed by atoms with van der Waals surface area (Å²) in [6.45, 7) is 0. The van der Waals surface area contributed by atoms with Crippen LogP contribution >= 0.6 is 0 Å². The molecule has 1 aromatic heterocycles. The molecular weight excluding hydrogens is 186 g/mol. The quantitative estimate of drug-likeness (QED) is 0.770. The highest BCUT2D eigenvalue weighted by Gasteiger charge is 2.08. The molecule has 0 saturated heterocycles. The molecule has 1 heterocycles. The van der Waals surface area contributed by atoms with Crippen LogP contribution in [-0.4, -0.2) is 30.3 Å². The number of methoxy groups -OCH3 is 2.